The first-order valence-electron chi connectivity index (χ1n) is 22.3. The molecule has 0 aliphatic rings. The van der Waals surface area contributed by atoms with Gasteiger partial charge in [-0.2, -0.15) is 0 Å². The third-order valence-electron chi connectivity index (χ3n) is 8.93. The lowest BCUT2D eigenvalue weighted by molar-refractivity contribution is -0.870. The number of ether oxygens (including phenoxy) is 2. The Labute approximate surface area is 354 Å². The summed E-state index contributed by atoms with van der Waals surface area (Å²) in [5, 5.41) is 0. The lowest BCUT2D eigenvalue weighted by Gasteiger charge is -2.28. The molecule has 0 rings (SSSR count). The Kier molecular flexibility index (Phi) is 37.7. The number of carbonyl (C=O) groups excluding carboxylic acids is 2. The van der Waals surface area contributed by atoms with Gasteiger partial charge in [-0.1, -0.05) is 157 Å². The Morgan fingerprint density at radius 1 is 0.569 bits per heavy atom. The van der Waals surface area contributed by atoms with Crippen LogP contribution in [0.4, 0.5) is 0 Å². The van der Waals surface area contributed by atoms with Gasteiger partial charge in [0.2, 0.25) is 0 Å². The van der Waals surface area contributed by atoms with Gasteiger partial charge in [-0.25, -0.2) is 0 Å². The highest BCUT2D eigenvalue weighted by molar-refractivity contribution is 7.45. The van der Waals surface area contributed by atoms with Crippen molar-refractivity contribution in [3.05, 3.63) is 85.1 Å². The first-order chi connectivity index (χ1) is 28.0. The molecule has 0 aromatic carbocycles. The van der Waals surface area contributed by atoms with E-state index in [-0.39, 0.29) is 26.1 Å². The van der Waals surface area contributed by atoms with Crippen molar-refractivity contribution in [2.24, 2.45) is 0 Å². The standard InChI is InChI=1S/C48H82NO8P/c1-6-8-10-12-14-16-18-20-22-23-24-25-27-28-30-32-34-36-38-40-47(50)54-44-46(45-56-58(52,53)55-43-42-49(3,4)5)57-48(51)41-39-37-35-33-31-29-26-21-19-17-15-13-11-9-7-2/h9,11,14-17,20-22,26,31,33,37,39,46H,6-8,10,12-13,18-19,23-25,27-30,32,34-36,38,40-45H2,1-5H3/b11-9-,16-14-,17-15-,22-20-,26-21-,33-31-,39-37-. The van der Waals surface area contributed by atoms with E-state index in [0.29, 0.717) is 23.9 Å². The number of phosphoric acid groups is 1. The lowest BCUT2D eigenvalue weighted by Crippen LogP contribution is -2.37. The molecule has 0 fully saturated rings. The maximum absolute atomic E-state index is 12.6. The van der Waals surface area contributed by atoms with Gasteiger partial charge in [-0.05, 0) is 70.6 Å². The summed E-state index contributed by atoms with van der Waals surface area (Å²) in [6, 6.07) is 0. The number of unbranched alkanes of at least 4 members (excludes halogenated alkanes) is 12. The third-order valence-corrected chi connectivity index (χ3v) is 9.90. The highest BCUT2D eigenvalue weighted by Gasteiger charge is 2.21. The van der Waals surface area contributed by atoms with Gasteiger partial charge in [0, 0.05) is 6.42 Å². The van der Waals surface area contributed by atoms with Crippen molar-refractivity contribution in [3.8, 4) is 0 Å². The van der Waals surface area contributed by atoms with Gasteiger partial charge >= 0.3 is 11.9 Å². The smallest absolute Gasteiger partial charge is 0.310 e. The van der Waals surface area contributed by atoms with Gasteiger partial charge in [0.15, 0.2) is 6.10 Å². The average Bonchev–Trinajstić information content (AvgIpc) is 3.17. The van der Waals surface area contributed by atoms with Crippen molar-refractivity contribution in [1.29, 1.82) is 0 Å². The molecular weight excluding hydrogens is 750 g/mol. The van der Waals surface area contributed by atoms with Crippen LogP contribution in [0.2, 0.25) is 0 Å². The summed E-state index contributed by atoms with van der Waals surface area (Å²) < 4.78 is 33.7. The van der Waals surface area contributed by atoms with E-state index < -0.39 is 32.5 Å². The Bertz CT molecular complexity index is 1260. The summed E-state index contributed by atoms with van der Waals surface area (Å²) in [5.41, 5.74) is 0. The fraction of sp³-hybridized carbons (Fsp3) is 0.667. The van der Waals surface area contributed by atoms with E-state index in [9.17, 15) is 19.0 Å². The molecule has 9 nitrogen and oxygen atoms in total. The molecule has 0 aromatic rings. The number of hydrogen-bond acceptors (Lipinski definition) is 8. The molecule has 0 amide bonds. The van der Waals surface area contributed by atoms with Crippen molar-refractivity contribution < 1.29 is 42.1 Å². The number of carbonyl (C=O) groups is 2. The molecule has 0 saturated carbocycles. The highest BCUT2D eigenvalue weighted by atomic mass is 31.2. The van der Waals surface area contributed by atoms with Crippen molar-refractivity contribution >= 4 is 19.8 Å². The molecular formula is C48H82NO8P. The number of likely N-dealkylation sites (N-methyl/N-ethyl adjacent to an activating group) is 1. The van der Waals surface area contributed by atoms with Gasteiger partial charge in [-0.15, -0.1) is 0 Å². The molecule has 0 N–H and O–H groups in total. The van der Waals surface area contributed by atoms with Crippen LogP contribution in [0, 0.1) is 0 Å². The molecule has 0 aromatic heterocycles. The second-order valence-electron chi connectivity index (χ2n) is 15.7. The van der Waals surface area contributed by atoms with E-state index >= 15 is 0 Å². The lowest BCUT2D eigenvalue weighted by atomic mass is 10.1. The molecule has 2 atom stereocenters. The number of nitrogens with zero attached hydrogens (tertiary/aromatic N) is 1. The van der Waals surface area contributed by atoms with Gasteiger partial charge in [-0.3, -0.25) is 14.2 Å². The number of quaternary nitrogens is 1. The van der Waals surface area contributed by atoms with Crippen LogP contribution in [0.1, 0.15) is 155 Å². The quantitative estimate of drug-likeness (QED) is 0.0198. The fourth-order valence-electron chi connectivity index (χ4n) is 5.46. The van der Waals surface area contributed by atoms with Gasteiger partial charge in [0.05, 0.1) is 34.2 Å². The molecule has 0 saturated heterocycles. The zero-order valence-electron chi connectivity index (χ0n) is 37.2. The third kappa shape index (κ3) is 42.8. The molecule has 58 heavy (non-hydrogen) atoms. The van der Waals surface area contributed by atoms with Crippen LogP contribution in [0.15, 0.2) is 85.1 Å². The largest absolute Gasteiger partial charge is 0.756 e. The molecule has 332 valence electrons. The minimum Gasteiger partial charge on any atom is -0.756 e. The molecule has 0 radical (unpaired) electrons. The summed E-state index contributed by atoms with van der Waals surface area (Å²) in [4.78, 5) is 37.5. The topological polar surface area (TPSA) is 111 Å². The van der Waals surface area contributed by atoms with Crippen LogP contribution in [0.3, 0.4) is 0 Å². The molecule has 0 aliphatic heterocycles. The van der Waals surface area contributed by atoms with E-state index in [1.165, 1.54) is 57.8 Å². The van der Waals surface area contributed by atoms with Crippen LogP contribution >= 0.6 is 7.82 Å². The van der Waals surface area contributed by atoms with E-state index in [1.54, 1.807) is 6.08 Å². The second kappa shape index (κ2) is 39.6. The predicted molar refractivity (Wildman–Crippen MR) is 240 cm³/mol. The maximum atomic E-state index is 12.6. The second-order valence-corrected chi connectivity index (χ2v) is 17.1. The fourth-order valence-corrected chi connectivity index (χ4v) is 6.19. The normalized spacial score (nSPS) is 14.4. The molecule has 0 heterocycles. The van der Waals surface area contributed by atoms with E-state index in [2.05, 4.69) is 80.7 Å². The van der Waals surface area contributed by atoms with Crippen molar-refractivity contribution in [3.63, 3.8) is 0 Å². The number of phosphoric ester groups is 1. The van der Waals surface area contributed by atoms with Crippen LogP contribution in [-0.2, 0) is 32.7 Å². The first-order valence-corrected chi connectivity index (χ1v) is 23.8. The van der Waals surface area contributed by atoms with Crippen LogP contribution in [0.25, 0.3) is 0 Å². The monoisotopic (exact) mass is 832 g/mol. The van der Waals surface area contributed by atoms with E-state index in [0.717, 1.165) is 57.8 Å². The minimum absolute atomic E-state index is 0.0122. The summed E-state index contributed by atoms with van der Waals surface area (Å²) in [6.07, 6.45) is 50.7. The number of allylic oxidation sites excluding steroid dienone is 13. The average molecular weight is 832 g/mol. The molecule has 10 heteroatoms. The van der Waals surface area contributed by atoms with E-state index in [1.807, 2.05) is 33.3 Å². The maximum Gasteiger partial charge on any atom is 0.310 e. The zero-order chi connectivity index (χ0) is 42.8. The Morgan fingerprint density at radius 2 is 1.03 bits per heavy atom. The van der Waals surface area contributed by atoms with E-state index in [4.69, 9.17) is 18.5 Å². The summed E-state index contributed by atoms with van der Waals surface area (Å²) in [7, 11) is 1.09. The van der Waals surface area contributed by atoms with Crippen LogP contribution in [0.5, 0.6) is 0 Å². The number of esters is 2. The Balaban J connectivity index is 4.46. The number of hydrogen-bond donors (Lipinski definition) is 0. The molecule has 2 unspecified atom stereocenters. The summed E-state index contributed by atoms with van der Waals surface area (Å²) >= 11 is 0. The number of rotatable bonds is 39. The van der Waals surface area contributed by atoms with Gasteiger partial charge in [0.25, 0.3) is 7.82 Å². The van der Waals surface area contributed by atoms with Crippen molar-refractivity contribution in [2.75, 3.05) is 47.5 Å². The zero-order valence-corrected chi connectivity index (χ0v) is 38.1. The minimum atomic E-state index is -4.66. The van der Waals surface area contributed by atoms with Gasteiger partial charge in [0.1, 0.15) is 19.8 Å². The van der Waals surface area contributed by atoms with Crippen LogP contribution < -0.4 is 4.89 Å². The highest BCUT2D eigenvalue weighted by Crippen LogP contribution is 2.38. The van der Waals surface area contributed by atoms with Crippen molar-refractivity contribution in [1.82, 2.24) is 0 Å². The molecule has 0 aliphatic carbocycles. The van der Waals surface area contributed by atoms with Crippen LogP contribution in [-0.4, -0.2) is 70.0 Å². The Hall–Kier alpha value is -2.81. The van der Waals surface area contributed by atoms with Crippen molar-refractivity contribution in [2.45, 2.75) is 161 Å². The SMILES string of the molecule is CC/C=C\C/C=C\C/C=C\C/C=C\C/C=C\CC(=O)OC(COC(=O)CCCCCCCCCCC/C=C\C/C=C\CCCCC)COP(=O)([O-])OCC[N+](C)(C)C. The predicted octanol–water partition coefficient (Wildman–Crippen LogP) is 12.2. The summed E-state index contributed by atoms with van der Waals surface area (Å²) in [5.74, 6) is -0.994. The molecule has 0 spiro atoms. The summed E-state index contributed by atoms with van der Waals surface area (Å²) in [6.45, 7) is 3.95. The Morgan fingerprint density at radius 3 is 1.55 bits per heavy atom. The molecule has 0 bridgehead atoms. The first kappa shape index (κ1) is 55.2. The van der Waals surface area contributed by atoms with Gasteiger partial charge < -0.3 is 27.9 Å².